The van der Waals surface area contributed by atoms with Gasteiger partial charge >= 0.3 is 6.09 Å². The molecule has 1 aromatic rings. The Labute approximate surface area is 153 Å². The zero-order valence-corrected chi connectivity index (χ0v) is 15.5. The molecule has 0 aromatic carbocycles. The maximum atomic E-state index is 12.6. The summed E-state index contributed by atoms with van der Waals surface area (Å²) in [6.45, 7) is 6.16. The Morgan fingerprint density at radius 2 is 2.04 bits per heavy atom. The van der Waals surface area contributed by atoms with Crippen LogP contribution in [0.1, 0.15) is 35.0 Å². The molecule has 0 radical (unpaired) electrons. The van der Waals surface area contributed by atoms with E-state index in [1.165, 1.54) is 0 Å². The van der Waals surface area contributed by atoms with Crippen molar-refractivity contribution in [3.63, 3.8) is 0 Å². The maximum absolute atomic E-state index is 12.6. The molecule has 3 atom stereocenters. The first-order valence-corrected chi connectivity index (χ1v) is 8.77. The zero-order valence-electron chi connectivity index (χ0n) is 15.0. The van der Waals surface area contributed by atoms with Crippen LogP contribution >= 0.6 is 23.2 Å². The minimum atomic E-state index is -0.579. The lowest BCUT2D eigenvalue weighted by molar-refractivity contribution is 0.00227. The van der Waals surface area contributed by atoms with Crippen LogP contribution in [0.2, 0.25) is 10.3 Å². The van der Waals surface area contributed by atoms with E-state index in [4.69, 9.17) is 34.0 Å². The number of amides is 1. The summed E-state index contributed by atoms with van der Waals surface area (Å²) in [4.78, 5) is 18.1. The average Bonchev–Trinajstić information content (AvgIpc) is 3.11. The minimum absolute atomic E-state index is 0.147. The van der Waals surface area contributed by atoms with Gasteiger partial charge < -0.3 is 14.4 Å². The van der Waals surface area contributed by atoms with E-state index in [-0.39, 0.29) is 16.3 Å². The van der Waals surface area contributed by atoms with Crippen molar-refractivity contribution in [2.45, 2.75) is 45.3 Å². The van der Waals surface area contributed by atoms with E-state index >= 15 is 0 Å². The van der Waals surface area contributed by atoms with Crippen LogP contribution in [-0.2, 0) is 4.74 Å². The van der Waals surface area contributed by atoms with Crippen molar-refractivity contribution in [3.8, 4) is 5.75 Å². The fourth-order valence-electron chi connectivity index (χ4n) is 2.92. The molecule has 1 aliphatic heterocycles. The van der Waals surface area contributed by atoms with Gasteiger partial charge in [0.25, 0.3) is 0 Å². The highest BCUT2D eigenvalue weighted by Crippen LogP contribution is 2.47. The Morgan fingerprint density at radius 1 is 1.38 bits per heavy atom. The number of pyridine rings is 1. The molecule has 132 valence electrons. The molecule has 1 aliphatic carbocycles. The number of hydrogen-bond donors (Lipinski definition) is 0. The summed E-state index contributed by atoms with van der Waals surface area (Å²) in [5.41, 5.74) is -0.579. The summed E-state index contributed by atoms with van der Waals surface area (Å²) < 4.78 is 19.7. The Balaban J connectivity index is 1.69. The number of nitrogens with zero attached hydrogens (tertiary/aromatic N) is 2. The molecule has 2 heterocycles. The predicted octanol–water partition coefficient (Wildman–Crippen LogP) is 4.41. The Morgan fingerprint density at radius 3 is 2.67 bits per heavy atom. The minimum Gasteiger partial charge on any atom is -0.491 e. The van der Waals surface area contributed by atoms with Gasteiger partial charge in [0.05, 0.1) is 6.04 Å². The van der Waals surface area contributed by atoms with Crippen LogP contribution in [0.3, 0.4) is 0 Å². The number of rotatable bonds is 3. The third kappa shape index (κ3) is 4.45. The SMILES string of the molecule is [2H][C@]12C[C@H]1C[C@@H](COc1cc(Cl)nc(Cl)c1)N(C(=O)OC(C)(C)C)C2. The van der Waals surface area contributed by atoms with Crippen molar-refractivity contribution in [3.05, 3.63) is 22.4 Å². The van der Waals surface area contributed by atoms with Crippen molar-refractivity contribution in [2.75, 3.05) is 13.2 Å². The van der Waals surface area contributed by atoms with Gasteiger partial charge in [0, 0.05) is 20.0 Å². The van der Waals surface area contributed by atoms with Crippen LogP contribution in [0.25, 0.3) is 0 Å². The van der Waals surface area contributed by atoms with Gasteiger partial charge in [0.1, 0.15) is 28.3 Å². The highest BCUT2D eigenvalue weighted by molar-refractivity contribution is 6.32. The first kappa shape index (κ1) is 16.3. The van der Waals surface area contributed by atoms with Gasteiger partial charge in [-0.25, -0.2) is 9.78 Å². The molecule has 0 N–H and O–H groups in total. The standard InChI is InChI=1S/C17H22Cl2N2O3/c1-17(2,3)24-16(22)21-8-11-4-10(11)5-12(21)9-23-13-6-14(18)20-15(19)7-13/h6-7,10-12H,4-5,8-9H2,1-3H3/t10-,11+,12-/m0/s1/i11D. The second-order valence-corrected chi connectivity index (χ2v) is 8.09. The van der Waals surface area contributed by atoms with Crippen molar-refractivity contribution < 1.29 is 15.6 Å². The lowest BCUT2D eigenvalue weighted by Crippen LogP contribution is -2.49. The highest BCUT2D eigenvalue weighted by atomic mass is 35.5. The molecule has 2 fully saturated rings. The zero-order chi connectivity index (χ0) is 18.4. The lowest BCUT2D eigenvalue weighted by atomic mass is 10.0. The number of piperidine rings is 1. The Bertz CT molecular complexity index is 662. The number of hydrogen-bond acceptors (Lipinski definition) is 4. The van der Waals surface area contributed by atoms with Crippen molar-refractivity contribution in [1.29, 1.82) is 0 Å². The third-order valence-corrected chi connectivity index (χ3v) is 4.49. The molecule has 5 nitrogen and oxygen atoms in total. The molecule has 1 aromatic heterocycles. The van der Waals surface area contributed by atoms with E-state index in [0.29, 0.717) is 24.8 Å². The van der Waals surface area contributed by atoms with Crippen LogP contribution in [0.5, 0.6) is 5.75 Å². The molecule has 1 amide bonds. The summed E-state index contributed by atoms with van der Waals surface area (Å²) >= 11 is 11.8. The highest BCUT2D eigenvalue weighted by Gasteiger charge is 2.48. The van der Waals surface area contributed by atoms with E-state index in [0.717, 1.165) is 12.8 Å². The second kappa shape index (κ2) is 6.60. The predicted molar refractivity (Wildman–Crippen MR) is 92.7 cm³/mol. The summed E-state index contributed by atoms with van der Waals surface area (Å²) in [6.07, 6.45) is 1.15. The average molecular weight is 374 g/mol. The number of aromatic nitrogens is 1. The number of fused-ring (bicyclic) bond motifs is 1. The fraction of sp³-hybridized carbons (Fsp3) is 0.647. The van der Waals surface area contributed by atoms with Gasteiger partial charge in [-0.3, -0.25) is 0 Å². The molecule has 1 saturated heterocycles. The summed E-state index contributed by atoms with van der Waals surface area (Å²) in [6, 6.07) is 3.02. The lowest BCUT2D eigenvalue weighted by Gasteiger charge is -2.36. The number of ether oxygens (including phenoxy) is 2. The molecular weight excluding hydrogens is 351 g/mol. The van der Waals surface area contributed by atoms with Crippen LogP contribution in [-0.4, -0.2) is 40.8 Å². The smallest absolute Gasteiger partial charge is 0.410 e. The van der Waals surface area contributed by atoms with E-state index in [1.807, 2.05) is 20.8 Å². The van der Waals surface area contributed by atoms with E-state index < -0.39 is 17.6 Å². The second-order valence-electron chi connectivity index (χ2n) is 7.32. The first-order valence-electron chi connectivity index (χ1n) is 8.51. The van der Waals surface area contributed by atoms with E-state index in [1.54, 1.807) is 17.0 Å². The number of halogens is 2. The van der Waals surface area contributed by atoms with Gasteiger partial charge in [0.2, 0.25) is 0 Å². The topological polar surface area (TPSA) is 51.7 Å². The molecule has 0 spiro atoms. The van der Waals surface area contributed by atoms with Gasteiger partial charge in [0.15, 0.2) is 0 Å². The van der Waals surface area contributed by atoms with Crippen LogP contribution in [0.15, 0.2) is 12.1 Å². The van der Waals surface area contributed by atoms with E-state index in [2.05, 4.69) is 4.98 Å². The normalized spacial score (nSPS) is 29.5. The summed E-state index contributed by atoms with van der Waals surface area (Å²) in [7, 11) is 0. The van der Waals surface area contributed by atoms with E-state index in [9.17, 15) is 4.79 Å². The van der Waals surface area contributed by atoms with Crippen LogP contribution < -0.4 is 4.74 Å². The first-order chi connectivity index (χ1) is 11.6. The van der Waals surface area contributed by atoms with Gasteiger partial charge in [-0.05, 0) is 45.4 Å². The van der Waals surface area contributed by atoms with Gasteiger partial charge in [-0.1, -0.05) is 23.2 Å². The Kier molecular flexibility index (Phi) is 4.48. The molecule has 1 saturated carbocycles. The largest absolute Gasteiger partial charge is 0.491 e. The van der Waals surface area contributed by atoms with Crippen LogP contribution in [0.4, 0.5) is 4.79 Å². The molecule has 7 heteroatoms. The van der Waals surface area contributed by atoms with Gasteiger partial charge in [-0.2, -0.15) is 0 Å². The Hall–Kier alpha value is -1.20. The molecule has 0 unspecified atom stereocenters. The monoisotopic (exact) mass is 373 g/mol. The quantitative estimate of drug-likeness (QED) is 0.736. The maximum Gasteiger partial charge on any atom is 0.410 e. The fourth-order valence-corrected chi connectivity index (χ4v) is 3.36. The molecule has 24 heavy (non-hydrogen) atoms. The van der Waals surface area contributed by atoms with Crippen molar-refractivity contribution in [1.82, 2.24) is 9.88 Å². The van der Waals surface area contributed by atoms with Gasteiger partial charge in [-0.15, -0.1) is 0 Å². The molecule has 0 bridgehead atoms. The summed E-state index contributed by atoms with van der Waals surface area (Å²) in [5, 5.41) is 0.505. The number of carbonyl (C=O) groups is 1. The summed E-state index contributed by atoms with van der Waals surface area (Å²) in [5.74, 6) is 0.286. The van der Waals surface area contributed by atoms with Crippen molar-refractivity contribution >= 4 is 29.3 Å². The van der Waals surface area contributed by atoms with Crippen LogP contribution in [0, 0.1) is 11.8 Å². The van der Waals surface area contributed by atoms with Crippen molar-refractivity contribution in [2.24, 2.45) is 11.8 Å². The number of carbonyl (C=O) groups excluding carboxylic acids is 1. The molecular formula is C17H22Cl2N2O3. The molecule has 3 rings (SSSR count). The molecule has 2 aliphatic rings. The third-order valence-electron chi connectivity index (χ3n) is 4.10. The number of likely N-dealkylation sites (tertiary alicyclic amines) is 1.